The molecule has 2 rings (SSSR count). The summed E-state index contributed by atoms with van der Waals surface area (Å²) in [7, 11) is -3.31. The standard InChI is InChI=1S/C13H20N2O2S/c1-12-5-7-13(8-6-12)11-14-18(16,17)15-9-3-2-4-10-15/h5-8,14H,2-4,9-11H2,1H3. The third kappa shape index (κ3) is 3.54. The second-order valence-electron chi connectivity index (χ2n) is 4.77. The zero-order chi connectivity index (χ0) is 13.0. The first-order chi connectivity index (χ1) is 8.58. The van der Waals surface area contributed by atoms with Gasteiger partial charge in [0.2, 0.25) is 0 Å². The molecule has 1 aromatic rings. The van der Waals surface area contributed by atoms with Gasteiger partial charge >= 0.3 is 0 Å². The fourth-order valence-corrected chi connectivity index (χ4v) is 3.35. The lowest BCUT2D eigenvalue weighted by Gasteiger charge is -2.25. The number of nitrogens with one attached hydrogen (secondary N) is 1. The van der Waals surface area contributed by atoms with Crippen molar-refractivity contribution in [3.05, 3.63) is 35.4 Å². The quantitative estimate of drug-likeness (QED) is 0.905. The van der Waals surface area contributed by atoms with Gasteiger partial charge in [-0.15, -0.1) is 0 Å². The van der Waals surface area contributed by atoms with E-state index in [4.69, 9.17) is 0 Å². The summed E-state index contributed by atoms with van der Waals surface area (Å²) in [5, 5.41) is 0. The molecule has 1 saturated heterocycles. The van der Waals surface area contributed by atoms with E-state index in [0.29, 0.717) is 19.6 Å². The summed E-state index contributed by atoms with van der Waals surface area (Å²) in [6.07, 6.45) is 3.06. The number of aryl methyl sites for hydroxylation is 1. The van der Waals surface area contributed by atoms with Crippen LogP contribution in [0.1, 0.15) is 30.4 Å². The van der Waals surface area contributed by atoms with E-state index in [1.165, 1.54) is 5.56 Å². The Labute approximate surface area is 109 Å². The topological polar surface area (TPSA) is 49.4 Å². The lowest BCUT2D eigenvalue weighted by molar-refractivity contribution is 0.341. The maximum absolute atomic E-state index is 12.0. The van der Waals surface area contributed by atoms with Gasteiger partial charge in [-0.1, -0.05) is 36.2 Å². The first-order valence-corrected chi connectivity index (χ1v) is 7.82. The molecule has 4 nitrogen and oxygen atoms in total. The van der Waals surface area contributed by atoms with Gasteiger partial charge in [0.25, 0.3) is 10.2 Å². The van der Waals surface area contributed by atoms with Gasteiger partial charge in [-0.3, -0.25) is 0 Å². The van der Waals surface area contributed by atoms with Gasteiger partial charge in [0.05, 0.1) is 0 Å². The smallest absolute Gasteiger partial charge is 0.198 e. The van der Waals surface area contributed by atoms with Crippen LogP contribution in [0.5, 0.6) is 0 Å². The van der Waals surface area contributed by atoms with Gasteiger partial charge < -0.3 is 0 Å². The highest BCUT2D eigenvalue weighted by atomic mass is 32.2. The predicted octanol–water partition coefficient (Wildman–Crippen LogP) is 1.82. The van der Waals surface area contributed by atoms with Gasteiger partial charge in [-0.2, -0.15) is 17.4 Å². The van der Waals surface area contributed by atoms with Crippen molar-refractivity contribution in [3.63, 3.8) is 0 Å². The molecule has 5 heteroatoms. The largest absolute Gasteiger partial charge is 0.279 e. The first kappa shape index (κ1) is 13.5. The Morgan fingerprint density at radius 1 is 1.11 bits per heavy atom. The van der Waals surface area contributed by atoms with Crippen LogP contribution >= 0.6 is 0 Å². The minimum absolute atomic E-state index is 0.360. The highest BCUT2D eigenvalue weighted by molar-refractivity contribution is 7.87. The van der Waals surface area contributed by atoms with Crippen molar-refractivity contribution < 1.29 is 8.42 Å². The fourth-order valence-electron chi connectivity index (χ4n) is 2.08. The van der Waals surface area contributed by atoms with Crippen molar-refractivity contribution in [1.29, 1.82) is 0 Å². The lowest BCUT2D eigenvalue weighted by Crippen LogP contribution is -2.43. The minimum Gasteiger partial charge on any atom is -0.198 e. The van der Waals surface area contributed by atoms with Gasteiger partial charge in [0.15, 0.2) is 0 Å². The van der Waals surface area contributed by atoms with Crippen LogP contribution in [0.25, 0.3) is 0 Å². The van der Waals surface area contributed by atoms with Gasteiger partial charge in [0.1, 0.15) is 0 Å². The molecule has 0 unspecified atom stereocenters. The zero-order valence-electron chi connectivity index (χ0n) is 10.7. The number of nitrogens with zero attached hydrogens (tertiary/aromatic N) is 1. The van der Waals surface area contributed by atoms with Crippen LogP contribution in [-0.4, -0.2) is 25.8 Å². The number of piperidine rings is 1. The molecular formula is C13H20N2O2S. The summed E-state index contributed by atoms with van der Waals surface area (Å²) >= 11 is 0. The number of hydrogen-bond donors (Lipinski definition) is 1. The average molecular weight is 268 g/mol. The Morgan fingerprint density at radius 2 is 1.72 bits per heavy atom. The van der Waals surface area contributed by atoms with Crippen molar-refractivity contribution in [1.82, 2.24) is 9.03 Å². The van der Waals surface area contributed by atoms with Crippen molar-refractivity contribution >= 4 is 10.2 Å². The van der Waals surface area contributed by atoms with Crippen LogP contribution in [0.3, 0.4) is 0 Å². The molecule has 0 radical (unpaired) electrons. The van der Waals surface area contributed by atoms with E-state index in [-0.39, 0.29) is 0 Å². The van der Waals surface area contributed by atoms with E-state index in [0.717, 1.165) is 24.8 Å². The van der Waals surface area contributed by atoms with E-state index >= 15 is 0 Å². The molecule has 1 heterocycles. The van der Waals surface area contributed by atoms with Crippen LogP contribution in [-0.2, 0) is 16.8 Å². The summed E-state index contributed by atoms with van der Waals surface area (Å²) in [5.41, 5.74) is 2.17. The van der Waals surface area contributed by atoms with Crippen LogP contribution in [0.2, 0.25) is 0 Å². The summed E-state index contributed by atoms with van der Waals surface area (Å²) in [4.78, 5) is 0. The molecule has 0 bridgehead atoms. The van der Waals surface area contributed by atoms with Crippen molar-refractivity contribution in [2.24, 2.45) is 0 Å². The maximum atomic E-state index is 12.0. The monoisotopic (exact) mass is 268 g/mol. The van der Waals surface area contributed by atoms with E-state index < -0.39 is 10.2 Å². The summed E-state index contributed by atoms with van der Waals surface area (Å²) < 4.78 is 28.3. The average Bonchev–Trinajstić information content (AvgIpc) is 2.39. The third-order valence-electron chi connectivity index (χ3n) is 3.23. The first-order valence-electron chi connectivity index (χ1n) is 6.38. The molecule has 0 spiro atoms. The highest BCUT2D eigenvalue weighted by Crippen LogP contribution is 2.12. The van der Waals surface area contributed by atoms with Crippen LogP contribution in [0.15, 0.2) is 24.3 Å². The second kappa shape index (κ2) is 5.82. The third-order valence-corrected chi connectivity index (χ3v) is 4.79. The Kier molecular flexibility index (Phi) is 4.37. The molecule has 0 amide bonds. The second-order valence-corrected chi connectivity index (χ2v) is 6.53. The zero-order valence-corrected chi connectivity index (χ0v) is 11.5. The van der Waals surface area contributed by atoms with E-state index in [1.54, 1.807) is 4.31 Å². The molecule has 1 aliphatic rings. The molecule has 1 N–H and O–H groups in total. The lowest BCUT2D eigenvalue weighted by atomic mass is 10.2. The summed E-state index contributed by atoms with van der Waals surface area (Å²) in [6, 6.07) is 7.89. The van der Waals surface area contributed by atoms with E-state index in [9.17, 15) is 8.42 Å². The van der Waals surface area contributed by atoms with Crippen LogP contribution in [0.4, 0.5) is 0 Å². The molecule has 18 heavy (non-hydrogen) atoms. The van der Waals surface area contributed by atoms with Gasteiger partial charge in [-0.05, 0) is 25.3 Å². The normalized spacial score (nSPS) is 17.8. The Balaban J connectivity index is 1.94. The fraction of sp³-hybridized carbons (Fsp3) is 0.538. The van der Waals surface area contributed by atoms with Crippen molar-refractivity contribution in [2.75, 3.05) is 13.1 Å². The molecule has 0 aliphatic carbocycles. The van der Waals surface area contributed by atoms with Crippen molar-refractivity contribution in [3.8, 4) is 0 Å². The molecule has 100 valence electrons. The number of hydrogen-bond acceptors (Lipinski definition) is 2. The van der Waals surface area contributed by atoms with Crippen LogP contribution in [0, 0.1) is 6.92 Å². The van der Waals surface area contributed by atoms with Crippen molar-refractivity contribution in [2.45, 2.75) is 32.7 Å². The molecule has 1 aliphatic heterocycles. The summed E-state index contributed by atoms with van der Waals surface area (Å²) in [5.74, 6) is 0. The van der Waals surface area contributed by atoms with Crippen LogP contribution < -0.4 is 4.72 Å². The van der Waals surface area contributed by atoms with Gasteiger partial charge in [-0.25, -0.2) is 0 Å². The van der Waals surface area contributed by atoms with E-state index in [2.05, 4.69) is 4.72 Å². The molecule has 1 aromatic carbocycles. The number of benzene rings is 1. The highest BCUT2D eigenvalue weighted by Gasteiger charge is 2.22. The molecule has 0 saturated carbocycles. The Morgan fingerprint density at radius 3 is 2.33 bits per heavy atom. The van der Waals surface area contributed by atoms with E-state index in [1.807, 2.05) is 31.2 Å². The molecular weight excluding hydrogens is 248 g/mol. The summed E-state index contributed by atoms with van der Waals surface area (Å²) in [6.45, 7) is 3.66. The Hall–Kier alpha value is -0.910. The van der Waals surface area contributed by atoms with Gasteiger partial charge in [0, 0.05) is 19.6 Å². The number of rotatable bonds is 4. The Bertz CT molecular complexity index is 476. The maximum Gasteiger partial charge on any atom is 0.279 e. The minimum atomic E-state index is -3.31. The predicted molar refractivity (Wildman–Crippen MR) is 72.4 cm³/mol. The molecule has 0 atom stereocenters. The molecule has 1 fully saturated rings. The SMILES string of the molecule is Cc1ccc(CNS(=O)(=O)N2CCCCC2)cc1. The molecule has 0 aromatic heterocycles.